The van der Waals surface area contributed by atoms with Crippen LogP contribution in [0.1, 0.15) is 13.8 Å². The molecule has 1 aromatic carbocycles. The molecule has 0 fully saturated rings. The lowest BCUT2D eigenvalue weighted by molar-refractivity contribution is -0.384. The number of amides is 1. The van der Waals surface area contributed by atoms with Gasteiger partial charge in [0.1, 0.15) is 0 Å². The SMILES string of the molecule is CCSc1nnc(S[C@@H](C)C(=O)Nc2cccc([N+](=O)[O-])c2)s1. The molecule has 10 heteroatoms. The molecule has 0 bridgehead atoms. The molecule has 0 unspecified atom stereocenters. The highest BCUT2D eigenvalue weighted by molar-refractivity contribution is 8.03. The summed E-state index contributed by atoms with van der Waals surface area (Å²) in [5.41, 5.74) is 0.338. The minimum absolute atomic E-state index is 0.0616. The average molecular weight is 370 g/mol. The highest BCUT2D eigenvalue weighted by atomic mass is 32.2. The second kappa shape index (κ2) is 8.27. The summed E-state index contributed by atoms with van der Waals surface area (Å²) >= 11 is 4.37. The Labute approximate surface area is 145 Å². The predicted octanol–water partition coefficient (Wildman–Crippen LogP) is 3.68. The van der Waals surface area contributed by atoms with Crippen molar-refractivity contribution in [3.63, 3.8) is 0 Å². The number of thioether (sulfide) groups is 2. The monoisotopic (exact) mass is 370 g/mol. The van der Waals surface area contributed by atoms with Gasteiger partial charge in [-0.2, -0.15) is 0 Å². The van der Waals surface area contributed by atoms with Gasteiger partial charge in [0.2, 0.25) is 5.91 Å². The molecule has 0 spiro atoms. The lowest BCUT2D eigenvalue weighted by Gasteiger charge is -2.10. The molecule has 23 heavy (non-hydrogen) atoms. The Hall–Kier alpha value is -1.65. The molecule has 1 aromatic heterocycles. The first-order valence-corrected chi connectivity index (χ1v) is 9.36. The van der Waals surface area contributed by atoms with Crippen LogP contribution in [0.5, 0.6) is 0 Å². The Morgan fingerprint density at radius 3 is 2.87 bits per heavy atom. The minimum Gasteiger partial charge on any atom is -0.325 e. The number of aromatic nitrogens is 2. The number of nitrogens with one attached hydrogen (secondary N) is 1. The molecule has 0 aliphatic rings. The van der Waals surface area contributed by atoms with E-state index in [0.717, 1.165) is 14.4 Å². The first-order chi connectivity index (χ1) is 11.0. The fourth-order valence-corrected chi connectivity index (χ4v) is 4.63. The van der Waals surface area contributed by atoms with Gasteiger partial charge in [-0.25, -0.2) is 0 Å². The molecule has 1 atom stereocenters. The largest absolute Gasteiger partial charge is 0.325 e. The van der Waals surface area contributed by atoms with Crippen LogP contribution in [0.15, 0.2) is 32.9 Å². The van der Waals surface area contributed by atoms with Crippen molar-refractivity contribution in [2.24, 2.45) is 0 Å². The van der Waals surface area contributed by atoms with Gasteiger partial charge < -0.3 is 5.32 Å². The summed E-state index contributed by atoms with van der Waals surface area (Å²) in [4.78, 5) is 22.4. The van der Waals surface area contributed by atoms with Gasteiger partial charge in [-0.1, -0.05) is 47.9 Å². The van der Waals surface area contributed by atoms with Gasteiger partial charge in [0, 0.05) is 17.8 Å². The molecular formula is C13H14N4O3S3. The van der Waals surface area contributed by atoms with E-state index in [0.29, 0.717) is 5.69 Å². The Bertz CT molecular complexity index is 707. The lowest BCUT2D eigenvalue weighted by atomic mass is 10.2. The van der Waals surface area contributed by atoms with Crippen LogP contribution < -0.4 is 5.32 Å². The molecule has 0 saturated carbocycles. The number of nitrogens with zero attached hydrogens (tertiary/aromatic N) is 3. The summed E-state index contributed by atoms with van der Waals surface area (Å²) in [5, 5.41) is 21.1. The van der Waals surface area contributed by atoms with E-state index in [-0.39, 0.29) is 16.8 Å². The van der Waals surface area contributed by atoms with Crippen LogP contribution in [0.4, 0.5) is 11.4 Å². The van der Waals surface area contributed by atoms with E-state index in [1.54, 1.807) is 24.8 Å². The van der Waals surface area contributed by atoms with Gasteiger partial charge in [0.05, 0.1) is 10.2 Å². The van der Waals surface area contributed by atoms with Crippen molar-refractivity contribution in [3.8, 4) is 0 Å². The molecule has 1 amide bonds. The Morgan fingerprint density at radius 1 is 1.43 bits per heavy atom. The normalized spacial score (nSPS) is 11.9. The standard InChI is InChI=1S/C13H14N4O3S3/c1-3-21-12-15-16-13(23-12)22-8(2)11(18)14-9-5-4-6-10(7-9)17(19)20/h4-8H,3H2,1-2H3,(H,14,18)/t8-/m0/s1. The van der Waals surface area contributed by atoms with Crippen molar-refractivity contribution >= 4 is 52.1 Å². The highest BCUT2D eigenvalue weighted by Crippen LogP contribution is 2.31. The zero-order valence-electron chi connectivity index (χ0n) is 12.4. The number of carbonyl (C=O) groups excluding carboxylic acids is 1. The third-order valence-corrected chi connectivity index (χ3v) is 5.75. The van der Waals surface area contributed by atoms with Crippen LogP contribution in [-0.4, -0.2) is 32.0 Å². The molecule has 1 N–H and O–H groups in total. The molecule has 7 nitrogen and oxygen atoms in total. The van der Waals surface area contributed by atoms with Crippen molar-refractivity contribution in [1.29, 1.82) is 0 Å². The van der Waals surface area contributed by atoms with E-state index in [2.05, 4.69) is 15.5 Å². The molecule has 0 aliphatic heterocycles. The predicted molar refractivity (Wildman–Crippen MR) is 93.4 cm³/mol. The van der Waals surface area contributed by atoms with Crippen molar-refractivity contribution in [2.75, 3.05) is 11.1 Å². The van der Waals surface area contributed by atoms with E-state index in [4.69, 9.17) is 0 Å². The molecule has 0 saturated heterocycles. The number of anilines is 1. The number of hydrogen-bond acceptors (Lipinski definition) is 8. The van der Waals surface area contributed by atoms with Crippen LogP contribution in [0.3, 0.4) is 0 Å². The molecule has 1 heterocycles. The first-order valence-electron chi connectivity index (χ1n) is 6.68. The fraction of sp³-hybridized carbons (Fsp3) is 0.308. The second-order valence-electron chi connectivity index (χ2n) is 4.32. The van der Waals surface area contributed by atoms with Crippen molar-refractivity contribution < 1.29 is 9.72 Å². The summed E-state index contributed by atoms with van der Waals surface area (Å²) < 4.78 is 1.60. The summed E-state index contributed by atoms with van der Waals surface area (Å²) in [6, 6.07) is 5.85. The quantitative estimate of drug-likeness (QED) is 0.451. The van der Waals surface area contributed by atoms with E-state index in [9.17, 15) is 14.9 Å². The number of benzene rings is 1. The maximum absolute atomic E-state index is 12.2. The van der Waals surface area contributed by atoms with E-state index in [1.165, 1.54) is 41.3 Å². The molecule has 122 valence electrons. The van der Waals surface area contributed by atoms with Crippen molar-refractivity contribution in [1.82, 2.24) is 10.2 Å². The average Bonchev–Trinajstić information content (AvgIpc) is 2.95. The molecule has 0 aliphatic carbocycles. The lowest BCUT2D eigenvalue weighted by Crippen LogP contribution is -2.22. The zero-order valence-corrected chi connectivity index (χ0v) is 14.8. The summed E-state index contributed by atoms with van der Waals surface area (Å²) in [5.74, 6) is 0.678. The van der Waals surface area contributed by atoms with Crippen molar-refractivity contribution in [2.45, 2.75) is 27.8 Å². The van der Waals surface area contributed by atoms with E-state index < -0.39 is 4.92 Å². The van der Waals surface area contributed by atoms with Crippen LogP contribution in [0, 0.1) is 10.1 Å². The van der Waals surface area contributed by atoms with Gasteiger partial charge in [0.15, 0.2) is 8.68 Å². The Kier molecular flexibility index (Phi) is 6.37. The first kappa shape index (κ1) is 17.7. The Balaban J connectivity index is 1.96. The maximum Gasteiger partial charge on any atom is 0.271 e. The van der Waals surface area contributed by atoms with Gasteiger partial charge >= 0.3 is 0 Å². The van der Waals surface area contributed by atoms with Crippen molar-refractivity contribution in [3.05, 3.63) is 34.4 Å². The number of non-ortho nitro benzene ring substituents is 1. The summed E-state index contributed by atoms with van der Waals surface area (Å²) in [6.45, 7) is 3.79. The van der Waals surface area contributed by atoms with Gasteiger partial charge in [0.25, 0.3) is 5.69 Å². The summed E-state index contributed by atoms with van der Waals surface area (Å²) in [7, 11) is 0. The molecule has 2 rings (SSSR count). The van der Waals surface area contributed by atoms with E-state index in [1.807, 2.05) is 6.92 Å². The molecular weight excluding hydrogens is 356 g/mol. The fourth-order valence-electron chi connectivity index (χ4n) is 1.57. The maximum atomic E-state index is 12.2. The summed E-state index contributed by atoms with van der Waals surface area (Å²) in [6.07, 6.45) is 0. The molecule has 0 radical (unpaired) electrons. The topological polar surface area (TPSA) is 98.0 Å². The zero-order chi connectivity index (χ0) is 16.8. The van der Waals surface area contributed by atoms with Crippen LogP contribution in [0.2, 0.25) is 0 Å². The van der Waals surface area contributed by atoms with Gasteiger partial charge in [-0.05, 0) is 18.7 Å². The number of nitro benzene ring substituents is 1. The van der Waals surface area contributed by atoms with Gasteiger partial charge in [-0.3, -0.25) is 14.9 Å². The number of nitro groups is 1. The van der Waals surface area contributed by atoms with Crippen LogP contribution in [0.25, 0.3) is 0 Å². The number of carbonyl (C=O) groups is 1. The van der Waals surface area contributed by atoms with Crippen LogP contribution in [-0.2, 0) is 4.79 Å². The van der Waals surface area contributed by atoms with Gasteiger partial charge in [-0.15, -0.1) is 10.2 Å². The second-order valence-corrected chi connectivity index (χ2v) is 8.40. The third-order valence-electron chi connectivity index (χ3n) is 2.63. The Morgan fingerprint density at radius 2 is 2.17 bits per heavy atom. The highest BCUT2D eigenvalue weighted by Gasteiger charge is 2.18. The van der Waals surface area contributed by atoms with E-state index >= 15 is 0 Å². The number of hydrogen-bond donors (Lipinski definition) is 1. The smallest absolute Gasteiger partial charge is 0.271 e. The third kappa shape index (κ3) is 5.19. The van der Waals surface area contributed by atoms with Crippen LogP contribution >= 0.6 is 34.9 Å². The molecule has 2 aromatic rings. The minimum atomic E-state index is -0.498. The number of rotatable bonds is 7.